The summed E-state index contributed by atoms with van der Waals surface area (Å²) >= 11 is 0. The number of allylic oxidation sites excluding steroid dienone is 1. The van der Waals surface area contributed by atoms with Gasteiger partial charge < -0.3 is 14.2 Å². The molecule has 0 aromatic heterocycles. The van der Waals surface area contributed by atoms with Gasteiger partial charge in [0.15, 0.2) is 11.5 Å². The molecule has 0 fully saturated rings. The second-order valence-electron chi connectivity index (χ2n) is 4.51. The van der Waals surface area contributed by atoms with E-state index in [-0.39, 0.29) is 6.79 Å². The summed E-state index contributed by atoms with van der Waals surface area (Å²) in [5.74, 6) is 2.15. The normalized spacial score (nSPS) is 12.9. The van der Waals surface area contributed by atoms with Crippen molar-refractivity contribution in [2.75, 3.05) is 13.9 Å². The minimum Gasteiger partial charge on any atom is -0.497 e. The Bertz CT molecular complexity index is 744. The van der Waals surface area contributed by atoms with Gasteiger partial charge in [-0.25, -0.2) is 0 Å². The lowest BCUT2D eigenvalue weighted by Crippen LogP contribution is -1.92. The van der Waals surface area contributed by atoms with E-state index in [1.165, 1.54) is 0 Å². The highest BCUT2D eigenvalue weighted by Crippen LogP contribution is 2.33. The number of rotatable bonds is 3. The highest BCUT2D eigenvalue weighted by atomic mass is 16.7. The molecule has 3 rings (SSSR count). The third-order valence-corrected chi connectivity index (χ3v) is 3.21. The van der Waals surface area contributed by atoms with Crippen molar-refractivity contribution < 1.29 is 14.2 Å². The van der Waals surface area contributed by atoms with Crippen LogP contribution in [0.1, 0.15) is 11.1 Å². The first kappa shape index (κ1) is 13.1. The van der Waals surface area contributed by atoms with Gasteiger partial charge in [0.25, 0.3) is 0 Å². The summed E-state index contributed by atoms with van der Waals surface area (Å²) in [7, 11) is 1.60. The Morgan fingerprint density at radius 3 is 2.86 bits per heavy atom. The molecule has 104 valence electrons. The zero-order chi connectivity index (χ0) is 14.7. The maximum Gasteiger partial charge on any atom is 0.231 e. The molecule has 0 N–H and O–H groups in total. The maximum absolute atomic E-state index is 9.38. The molecular weight excluding hydrogens is 266 g/mol. The van der Waals surface area contributed by atoms with E-state index in [2.05, 4.69) is 6.07 Å². The molecule has 0 saturated heterocycles. The fourth-order valence-electron chi connectivity index (χ4n) is 2.14. The van der Waals surface area contributed by atoms with Crippen LogP contribution in [0, 0.1) is 11.3 Å². The Balaban J connectivity index is 1.97. The summed E-state index contributed by atoms with van der Waals surface area (Å²) in [4.78, 5) is 0. The standard InChI is InChI=1S/C17H13NO3/c1-19-15-4-2-3-13(9-15)14(10-18)7-12-5-6-16-17(8-12)21-11-20-16/h2-9H,11H2,1H3. The molecule has 4 nitrogen and oxygen atoms in total. The van der Waals surface area contributed by atoms with Crippen molar-refractivity contribution in [3.8, 4) is 23.3 Å². The van der Waals surface area contributed by atoms with Gasteiger partial charge in [-0.15, -0.1) is 0 Å². The molecule has 0 saturated carbocycles. The van der Waals surface area contributed by atoms with Gasteiger partial charge in [-0.3, -0.25) is 0 Å². The van der Waals surface area contributed by atoms with E-state index in [0.29, 0.717) is 11.3 Å². The molecule has 0 bridgehead atoms. The average Bonchev–Trinajstić information content (AvgIpc) is 3.00. The van der Waals surface area contributed by atoms with Crippen LogP contribution >= 0.6 is 0 Å². The van der Waals surface area contributed by atoms with Crippen LogP contribution in [-0.4, -0.2) is 13.9 Å². The summed E-state index contributed by atoms with van der Waals surface area (Å²) in [5, 5.41) is 9.38. The zero-order valence-corrected chi connectivity index (χ0v) is 11.5. The van der Waals surface area contributed by atoms with E-state index >= 15 is 0 Å². The number of fused-ring (bicyclic) bond motifs is 1. The first-order valence-electron chi connectivity index (χ1n) is 6.46. The minimum absolute atomic E-state index is 0.240. The van der Waals surface area contributed by atoms with Crippen molar-refractivity contribution in [3.63, 3.8) is 0 Å². The number of benzene rings is 2. The van der Waals surface area contributed by atoms with Crippen molar-refractivity contribution in [1.29, 1.82) is 5.26 Å². The number of hydrogen-bond donors (Lipinski definition) is 0. The summed E-state index contributed by atoms with van der Waals surface area (Å²) in [6.07, 6.45) is 1.82. The van der Waals surface area contributed by atoms with Crippen molar-refractivity contribution >= 4 is 11.6 Å². The van der Waals surface area contributed by atoms with Gasteiger partial charge in [0.2, 0.25) is 6.79 Å². The third kappa shape index (κ3) is 2.67. The summed E-state index contributed by atoms with van der Waals surface area (Å²) in [6.45, 7) is 0.240. The summed E-state index contributed by atoms with van der Waals surface area (Å²) < 4.78 is 15.8. The molecule has 0 amide bonds. The van der Waals surface area contributed by atoms with Crippen LogP contribution in [0.3, 0.4) is 0 Å². The molecule has 0 radical (unpaired) electrons. The molecule has 1 heterocycles. The zero-order valence-electron chi connectivity index (χ0n) is 11.5. The van der Waals surface area contributed by atoms with Gasteiger partial charge >= 0.3 is 0 Å². The maximum atomic E-state index is 9.38. The average molecular weight is 279 g/mol. The number of nitrogens with zero attached hydrogens (tertiary/aromatic N) is 1. The molecule has 0 atom stereocenters. The third-order valence-electron chi connectivity index (χ3n) is 3.21. The van der Waals surface area contributed by atoms with E-state index in [4.69, 9.17) is 14.2 Å². The summed E-state index contributed by atoms with van der Waals surface area (Å²) in [6, 6.07) is 15.2. The molecule has 2 aromatic carbocycles. The Kier molecular flexibility index (Phi) is 3.48. The van der Waals surface area contributed by atoms with Gasteiger partial charge in [0.1, 0.15) is 5.75 Å². The van der Waals surface area contributed by atoms with Gasteiger partial charge in [0, 0.05) is 0 Å². The topological polar surface area (TPSA) is 51.5 Å². The lowest BCUT2D eigenvalue weighted by atomic mass is 10.0. The van der Waals surface area contributed by atoms with Crippen LogP contribution in [-0.2, 0) is 0 Å². The second kappa shape index (κ2) is 5.59. The molecular formula is C17H13NO3. The van der Waals surface area contributed by atoms with E-state index in [1.54, 1.807) is 7.11 Å². The minimum atomic E-state index is 0.240. The van der Waals surface area contributed by atoms with Crippen LogP contribution in [0.5, 0.6) is 17.2 Å². The number of hydrogen-bond acceptors (Lipinski definition) is 4. The van der Waals surface area contributed by atoms with Crippen molar-refractivity contribution in [2.24, 2.45) is 0 Å². The van der Waals surface area contributed by atoms with Crippen molar-refractivity contribution in [2.45, 2.75) is 0 Å². The Labute approximate surface area is 122 Å². The van der Waals surface area contributed by atoms with Crippen LogP contribution in [0.4, 0.5) is 0 Å². The highest BCUT2D eigenvalue weighted by molar-refractivity contribution is 5.90. The predicted molar refractivity (Wildman–Crippen MR) is 79.0 cm³/mol. The fraction of sp³-hybridized carbons (Fsp3) is 0.118. The molecule has 0 unspecified atom stereocenters. The lowest BCUT2D eigenvalue weighted by Gasteiger charge is -2.04. The van der Waals surface area contributed by atoms with Crippen LogP contribution in [0.25, 0.3) is 11.6 Å². The largest absolute Gasteiger partial charge is 0.497 e. The number of nitriles is 1. The molecule has 0 aliphatic carbocycles. The Morgan fingerprint density at radius 2 is 2.05 bits per heavy atom. The molecule has 21 heavy (non-hydrogen) atoms. The molecule has 4 heteroatoms. The molecule has 0 spiro atoms. The van der Waals surface area contributed by atoms with Gasteiger partial charge in [0.05, 0.1) is 18.8 Å². The van der Waals surface area contributed by atoms with E-state index in [9.17, 15) is 5.26 Å². The van der Waals surface area contributed by atoms with Crippen LogP contribution < -0.4 is 14.2 Å². The Morgan fingerprint density at radius 1 is 1.19 bits per heavy atom. The fourth-order valence-corrected chi connectivity index (χ4v) is 2.14. The van der Waals surface area contributed by atoms with Crippen molar-refractivity contribution in [3.05, 3.63) is 53.6 Å². The Hall–Kier alpha value is -2.93. The number of ether oxygens (including phenoxy) is 3. The van der Waals surface area contributed by atoms with Crippen LogP contribution in [0.2, 0.25) is 0 Å². The van der Waals surface area contributed by atoms with E-state index < -0.39 is 0 Å². The monoisotopic (exact) mass is 279 g/mol. The molecule has 1 aliphatic heterocycles. The van der Waals surface area contributed by atoms with Crippen molar-refractivity contribution in [1.82, 2.24) is 0 Å². The van der Waals surface area contributed by atoms with Gasteiger partial charge in [-0.2, -0.15) is 5.26 Å². The SMILES string of the molecule is COc1cccc(C(C#N)=Cc2ccc3c(c2)OCO3)c1. The number of methoxy groups -OCH3 is 1. The predicted octanol–water partition coefficient (Wildman–Crippen LogP) is 3.49. The summed E-state index contributed by atoms with van der Waals surface area (Å²) in [5.41, 5.74) is 2.26. The molecule has 1 aliphatic rings. The van der Waals surface area contributed by atoms with E-state index in [1.807, 2.05) is 48.5 Å². The first-order chi connectivity index (χ1) is 10.3. The first-order valence-corrected chi connectivity index (χ1v) is 6.46. The lowest BCUT2D eigenvalue weighted by molar-refractivity contribution is 0.174. The highest BCUT2D eigenvalue weighted by Gasteiger charge is 2.13. The van der Waals surface area contributed by atoms with Gasteiger partial charge in [-0.05, 0) is 41.5 Å². The van der Waals surface area contributed by atoms with Gasteiger partial charge in [-0.1, -0.05) is 18.2 Å². The van der Waals surface area contributed by atoms with Crippen LogP contribution in [0.15, 0.2) is 42.5 Å². The van der Waals surface area contributed by atoms with E-state index in [0.717, 1.165) is 22.6 Å². The smallest absolute Gasteiger partial charge is 0.231 e. The molecule has 2 aromatic rings. The quantitative estimate of drug-likeness (QED) is 0.637. The second-order valence-corrected chi connectivity index (χ2v) is 4.51.